The number of aryl methyl sites for hydroxylation is 1. The molecule has 0 amide bonds. The molecule has 3 aromatic heterocycles. The molecule has 0 saturated carbocycles. The van der Waals surface area contributed by atoms with E-state index in [1.54, 1.807) is 19.2 Å². The number of nitrogens with zero attached hydrogens (tertiary/aromatic N) is 2. The van der Waals surface area contributed by atoms with Crippen LogP contribution >= 0.6 is 0 Å². The van der Waals surface area contributed by atoms with Crippen molar-refractivity contribution in [1.29, 1.82) is 0 Å². The van der Waals surface area contributed by atoms with E-state index in [4.69, 9.17) is 37.8 Å². The minimum atomic E-state index is -3.83. The average molecular weight is 991 g/mol. The maximum absolute atomic E-state index is 12.3. The van der Waals surface area contributed by atoms with Gasteiger partial charge in [0.05, 0.1) is 81.0 Å². The van der Waals surface area contributed by atoms with Crippen molar-refractivity contribution in [3.8, 4) is 56.0 Å². The van der Waals surface area contributed by atoms with E-state index in [2.05, 4.69) is 107 Å². The highest BCUT2D eigenvalue weighted by Gasteiger charge is 2.20. The fourth-order valence-corrected chi connectivity index (χ4v) is 9.80. The molecule has 0 spiro atoms. The predicted octanol–water partition coefficient (Wildman–Crippen LogP) is 12.5. The van der Waals surface area contributed by atoms with Crippen molar-refractivity contribution in [3.63, 3.8) is 0 Å². The van der Waals surface area contributed by atoms with Crippen molar-refractivity contribution in [1.82, 2.24) is 19.9 Å². The zero-order valence-electron chi connectivity index (χ0n) is 40.5. The summed E-state index contributed by atoms with van der Waals surface area (Å²) in [6.45, 7) is 3.86. The first-order valence-electron chi connectivity index (χ1n) is 24.2. The van der Waals surface area contributed by atoms with Gasteiger partial charge in [-0.2, -0.15) is 8.42 Å². The van der Waals surface area contributed by atoms with Gasteiger partial charge in [0.2, 0.25) is 0 Å². The van der Waals surface area contributed by atoms with Crippen LogP contribution in [0.25, 0.3) is 90.9 Å². The molecular formula is C60H54N4O8S. The monoisotopic (exact) mass is 990 g/mol. The van der Waals surface area contributed by atoms with Gasteiger partial charge in [0.1, 0.15) is 6.61 Å². The molecule has 2 aliphatic rings. The second-order valence-electron chi connectivity index (χ2n) is 17.2. The number of aromatic nitrogens is 4. The smallest absolute Gasteiger partial charge is 0.297 e. The molecule has 0 radical (unpaired) electrons. The standard InChI is InChI=1S/C60H54N4O8S/c1-41-18-21-46(22-19-41)73(65,66)72-39-37-70-35-33-68-32-34-69-36-38-71-55-31-20-45(40-56(55)67-2)60-53-29-27-51(63-53)58(43-14-8-4-9-15-43)49-25-23-47(61-49)57(42-12-6-3-7-13-42)48-24-26-50(62-48)59(44-16-10-5-11-17-44)52-28-30-54(60)64-52/h3-31,40,61,64H,32-39H2,1-2H3. The van der Waals surface area contributed by atoms with Crippen molar-refractivity contribution in [2.75, 3.05) is 60.0 Å². The Labute approximate surface area is 424 Å². The number of nitrogens with one attached hydrogen (secondary N) is 2. The second kappa shape index (κ2) is 22.7. The highest BCUT2D eigenvalue weighted by atomic mass is 32.2. The molecule has 5 aromatic carbocycles. The Balaban J connectivity index is 0.905. The van der Waals surface area contributed by atoms with Crippen LogP contribution in [0.1, 0.15) is 28.3 Å². The first kappa shape index (κ1) is 48.7. The largest absolute Gasteiger partial charge is 0.493 e. The number of hydrogen-bond acceptors (Lipinski definition) is 10. The van der Waals surface area contributed by atoms with Crippen LogP contribution in [0.15, 0.2) is 163 Å². The zero-order valence-corrected chi connectivity index (χ0v) is 41.4. The Morgan fingerprint density at radius 2 is 0.822 bits per heavy atom. The maximum atomic E-state index is 12.3. The van der Waals surface area contributed by atoms with Crippen LogP contribution in [0, 0.1) is 6.92 Å². The Bertz CT molecular complexity index is 3520. The molecule has 13 heteroatoms. The first-order valence-corrected chi connectivity index (χ1v) is 25.6. The van der Waals surface area contributed by atoms with Crippen molar-refractivity contribution < 1.29 is 36.3 Å². The summed E-state index contributed by atoms with van der Waals surface area (Å²) in [4.78, 5) is 18.6. The zero-order chi connectivity index (χ0) is 50.0. The molecule has 0 atom stereocenters. The van der Waals surface area contributed by atoms with Gasteiger partial charge in [-0.15, -0.1) is 0 Å². The van der Waals surface area contributed by atoms with Crippen molar-refractivity contribution in [2.24, 2.45) is 0 Å². The number of methoxy groups -OCH3 is 1. The molecule has 368 valence electrons. The van der Waals surface area contributed by atoms with Gasteiger partial charge >= 0.3 is 0 Å². The highest BCUT2D eigenvalue weighted by molar-refractivity contribution is 7.86. The van der Waals surface area contributed by atoms with Gasteiger partial charge in [0.15, 0.2) is 11.5 Å². The minimum absolute atomic E-state index is 0.0871. The lowest BCUT2D eigenvalue weighted by atomic mass is 10.0. The molecule has 0 fully saturated rings. The number of benzene rings is 5. The Hall–Kier alpha value is -7.91. The number of H-pyrrole nitrogens is 2. The number of ether oxygens (including phenoxy) is 5. The van der Waals surface area contributed by atoms with Gasteiger partial charge in [0.25, 0.3) is 10.1 Å². The van der Waals surface area contributed by atoms with Crippen molar-refractivity contribution >= 4 is 56.5 Å². The fourth-order valence-electron chi connectivity index (χ4n) is 8.91. The van der Waals surface area contributed by atoms with Crippen LogP contribution in [0.3, 0.4) is 0 Å². The van der Waals surface area contributed by atoms with E-state index in [0.717, 1.165) is 94.9 Å². The molecule has 0 saturated heterocycles. The van der Waals surface area contributed by atoms with Gasteiger partial charge in [-0.05, 0) is 102 Å². The van der Waals surface area contributed by atoms with Crippen LogP contribution in [0.5, 0.6) is 11.5 Å². The topological polar surface area (TPSA) is 147 Å². The fraction of sp³-hybridized carbons (Fsp3) is 0.167. The van der Waals surface area contributed by atoms with Crippen LogP contribution in [0.2, 0.25) is 0 Å². The quantitative estimate of drug-likeness (QED) is 0.0559. The van der Waals surface area contributed by atoms with Gasteiger partial charge in [-0.3, -0.25) is 4.18 Å². The van der Waals surface area contributed by atoms with Gasteiger partial charge < -0.3 is 33.7 Å². The molecule has 8 bridgehead atoms. The summed E-state index contributed by atoms with van der Waals surface area (Å²) in [5.41, 5.74) is 15.7. The molecule has 0 unspecified atom stereocenters. The summed E-state index contributed by atoms with van der Waals surface area (Å²) in [6.07, 6.45) is 8.37. The Kier molecular flexibility index (Phi) is 15.1. The van der Waals surface area contributed by atoms with E-state index in [9.17, 15) is 8.42 Å². The molecule has 5 heterocycles. The van der Waals surface area contributed by atoms with E-state index in [1.165, 1.54) is 12.1 Å². The van der Waals surface area contributed by atoms with Crippen LogP contribution in [-0.2, 0) is 28.5 Å². The molecular weight excluding hydrogens is 937 g/mol. The number of rotatable bonds is 20. The van der Waals surface area contributed by atoms with Gasteiger partial charge in [-0.25, -0.2) is 9.97 Å². The average Bonchev–Trinajstić information content (AvgIpc) is 4.28. The molecule has 0 aliphatic carbocycles. The summed E-state index contributed by atoms with van der Waals surface area (Å²) in [5, 5.41) is 0. The maximum Gasteiger partial charge on any atom is 0.297 e. The summed E-state index contributed by atoms with van der Waals surface area (Å²) in [5.74, 6) is 1.13. The van der Waals surface area contributed by atoms with Crippen LogP contribution in [-0.4, -0.2) is 88.3 Å². The van der Waals surface area contributed by atoms with E-state index in [1.807, 2.05) is 67.6 Å². The predicted molar refractivity (Wildman–Crippen MR) is 289 cm³/mol. The van der Waals surface area contributed by atoms with E-state index in [-0.39, 0.29) is 31.3 Å². The van der Waals surface area contributed by atoms with E-state index < -0.39 is 10.1 Å². The number of aromatic amines is 2. The number of fused-ring (bicyclic) bond motifs is 8. The summed E-state index contributed by atoms with van der Waals surface area (Å²) < 4.78 is 58.8. The van der Waals surface area contributed by atoms with Crippen LogP contribution < -0.4 is 9.47 Å². The Morgan fingerprint density at radius 1 is 0.425 bits per heavy atom. The van der Waals surface area contributed by atoms with E-state index >= 15 is 0 Å². The summed E-state index contributed by atoms with van der Waals surface area (Å²) >= 11 is 0. The molecule has 2 aliphatic heterocycles. The molecule has 8 aromatic rings. The SMILES string of the molecule is COc1cc(-c2c3nc(c(-c4ccccc4)c4ccc([nH]4)c(-c4ccccc4)c4nc(c(-c5ccccc5)c5ccc2[nH]5)C=C4)C=C3)ccc1OCCOCCOCCOCCOS(=O)(=O)c1ccc(C)cc1. The second-order valence-corrected chi connectivity index (χ2v) is 18.9. The van der Waals surface area contributed by atoms with Crippen molar-refractivity contribution in [3.05, 3.63) is 186 Å². The molecule has 10 rings (SSSR count). The lowest BCUT2D eigenvalue weighted by Gasteiger charge is -2.13. The third-order valence-corrected chi connectivity index (χ3v) is 13.7. The number of hydrogen-bond donors (Lipinski definition) is 2. The summed E-state index contributed by atoms with van der Waals surface area (Å²) in [7, 11) is -2.20. The first-order chi connectivity index (χ1) is 35.8. The van der Waals surface area contributed by atoms with E-state index in [0.29, 0.717) is 37.9 Å². The molecule has 12 nitrogen and oxygen atoms in total. The van der Waals surface area contributed by atoms with Crippen molar-refractivity contribution in [2.45, 2.75) is 11.8 Å². The lowest BCUT2D eigenvalue weighted by molar-refractivity contribution is 0.00518. The lowest BCUT2D eigenvalue weighted by Crippen LogP contribution is -2.15. The molecule has 73 heavy (non-hydrogen) atoms. The highest BCUT2D eigenvalue weighted by Crippen LogP contribution is 2.40. The summed E-state index contributed by atoms with van der Waals surface area (Å²) in [6, 6.07) is 52.0. The normalized spacial score (nSPS) is 12.1. The third kappa shape index (κ3) is 11.3. The minimum Gasteiger partial charge on any atom is -0.493 e. The van der Waals surface area contributed by atoms with Gasteiger partial charge in [0, 0.05) is 44.3 Å². The third-order valence-electron chi connectivity index (χ3n) is 12.4. The molecule has 2 N–H and O–H groups in total. The Morgan fingerprint density at radius 3 is 1.25 bits per heavy atom. The van der Waals surface area contributed by atoms with Gasteiger partial charge in [-0.1, -0.05) is 115 Å². The van der Waals surface area contributed by atoms with Crippen LogP contribution in [0.4, 0.5) is 0 Å².